The number of aryl methyl sites for hydroxylation is 1. The Morgan fingerprint density at radius 2 is 2.00 bits per heavy atom. The quantitative estimate of drug-likeness (QED) is 0.734. The first-order chi connectivity index (χ1) is 13.7. The number of likely N-dealkylation sites (tertiary alicyclic amines) is 1. The predicted molar refractivity (Wildman–Crippen MR) is 111 cm³/mol. The normalized spacial score (nSPS) is 20.2. The number of anilines is 2. The first-order valence-electron chi connectivity index (χ1n) is 9.92. The lowest BCUT2D eigenvalue weighted by atomic mass is 9.96. The molecule has 1 atom stereocenters. The molecule has 1 aromatic heterocycles. The molecule has 6 nitrogen and oxygen atoms in total. The highest BCUT2D eigenvalue weighted by Crippen LogP contribution is 2.32. The van der Waals surface area contributed by atoms with Gasteiger partial charge in [-0.3, -0.25) is 4.90 Å². The zero-order valence-electron chi connectivity index (χ0n) is 16.1. The van der Waals surface area contributed by atoms with Crippen LogP contribution in [0.2, 0.25) is 0 Å². The predicted octanol–water partition coefficient (Wildman–Crippen LogP) is 3.75. The monoisotopic (exact) mass is 377 g/mol. The number of benzene rings is 2. The second kappa shape index (κ2) is 7.37. The number of ether oxygens (including phenoxy) is 1. The number of para-hydroxylation sites is 1. The Balaban J connectivity index is 0.00000205. The molecule has 0 radical (unpaired) electrons. The van der Waals surface area contributed by atoms with Crippen molar-refractivity contribution in [2.45, 2.75) is 25.3 Å². The summed E-state index contributed by atoms with van der Waals surface area (Å²) in [6, 6.07) is 17.4. The largest absolute Gasteiger partial charge is 0.378 e. The first-order valence-corrected chi connectivity index (χ1v) is 9.92. The van der Waals surface area contributed by atoms with Crippen LogP contribution < -0.4 is 5.32 Å². The van der Waals surface area contributed by atoms with E-state index in [9.17, 15) is 0 Å². The van der Waals surface area contributed by atoms with Crippen molar-refractivity contribution in [1.82, 2.24) is 19.7 Å². The molecule has 3 aromatic rings. The highest BCUT2D eigenvalue weighted by atomic mass is 16.5. The molecule has 5 rings (SSSR count). The van der Waals surface area contributed by atoms with E-state index in [-0.39, 0.29) is 1.43 Å². The van der Waals surface area contributed by atoms with Gasteiger partial charge in [0.25, 0.3) is 0 Å². The van der Waals surface area contributed by atoms with Gasteiger partial charge in [-0.15, -0.1) is 5.10 Å². The molecule has 3 heterocycles. The van der Waals surface area contributed by atoms with E-state index in [0.717, 1.165) is 31.1 Å². The van der Waals surface area contributed by atoms with E-state index in [1.54, 1.807) is 11.0 Å². The molecule has 0 saturated carbocycles. The summed E-state index contributed by atoms with van der Waals surface area (Å²) in [4.78, 5) is 6.99. The summed E-state index contributed by atoms with van der Waals surface area (Å²) in [5, 5.41) is 7.94. The zero-order chi connectivity index (χ0) is 18.9. The Kier molecular flexibility index (Phi) is 4.58. The first kappa shape index (κ1) is 17.4. The summed E-state index contributed by atoms with van der Waals surface area (Å²) >= 11 is 0. The smallest absolute Gasteiger partial charge is 0.246 e. The van der Waals surface area contributed by atoms with E-state index in [0.29, 0.717) is 17.9 Å². The fourth-order valence-corrected chi connectivity index (χ4v) is 4.10. The molecule has 2 aromatic carbocycles. The maximum absolute atomic E-state index is 5.36. The lowest BCUT2D eigenvalue weighted by molar-refractivity contribution is -0.0573. The maximum atomic E-state index is 5.36. The SMILES string of the molecule is Cc1cc(Nc2ncn(-c3ccccc3)n2)cc(C2CCN(C3COC3)C2)c1.[HH]. The van der Waals surface area contributed by atoms with Crippen LogP contribution in [0.15, 0.2) is 54.9 Å². The van der Waals surface area contributed by atoms with Crippen LogP contribution in [0.3, 0.4) is 0 Å². The minimum atomic E-state index is 0. The summed E-state index contributed by atoms with van der Waals surface area (Å²) in [5.74, 6) is 1.19. The number of aromatic nitrogens is 3. The van der Waals surface area contributed by atoms with Gasteiger partial charge in [0.15, 0.2) is 0 Å². The van der Waals surface area contributed by atoms with E-state index >= 15 is 0 Å². The Labute approximate surface area is 166 Å². The van der Waals surface area contributed by atoms with Crippen molar-refractivity contribution >= 4 is 11.6 Å². The minimum absolute atomic E-state index is 0. The fraction of sp³-hybridized carbons (Fsp3) is 0.364. The van der Waals surface area contributed by atoms with E-state index in [4.69, 9.17) is 4.74 Å². The molecule has 6 heteroatoms. The van der Waals surface area contributed by atoms with Crippen LogP contribution in [0, 0.1) is 6.92 Å². The molecule has 1 unspecified atom stereocenters. The third kappa shape index (κ3) is 3.53. The number of nitrogens with one attached hydrogen (secondary N) is 1. The van der Waals surface area contributed by atoms with Gasteiger partial charge in [-0.25, -0.2) is 4.68 Å². The summed E-state index contributed by atoms with van der Waals surface area (Å²) in [6.07, 6.45) is 2.95. The standard InChI is InChI=1S/C22H25N5O.H2/c1-16-9-18(17-7-8-26(12-17)21-13-28-14-21)11-19(10-16)24-22-23-15-27(25-22)20-5-3-2-4-6-20;/h2-6,9-11,15,17,21H,7-8,12-14H2,1H3,(H,24,25);1H. The average Bonchev–Trinajstić information content (AvgIpc) is 3.31. The van der Waals surface area contributed by atoms with Crippen molar-refractivity contribution < 1.29 is 6.16 Å². The summed E-state index contributed by atoms with van der Waals surface area (Å²) < 4.78 is 7.15. The molecule has 0 amide bonds. The van der Waals surface area contributed by atoms with Crippen molar-refractivity contribution in [3.63, 3.8) is 0 Å². The van der Waals surface area contributed by atoms with Gasteiger partial charge in [0, 0.05) is 13.7 Å². The third-order valence-corrected chi connectivity index (χ3v) is 5.70. The van der Waals surface area contributed by atoms with Crippen molar-refractivity contribution in [2.24, 2.45) is 0 Å². The van der Waals surface area contributed by atoms with Crippen LogP contribution in [0.1, 0.15) is 24.9 Å². The number of nitrogens with zero attached hydrogens (tertiary/aromatic N) is 4. The maximum Gasteiger partial charge on any atom is 0.246 e. The Morgan fingerprint density at radius 3 is 2.79 bits per heavy atom. The van der Waals surface area contributed by atoms with Gasteiger partial charge in [0.2, 0.25) is 5.95 Å². The number of rotatable bonds is 5. The average molecular weight is 377 g/mol. The van der Waals surface area contributed by atoms with Crippen LogP contribution in [-0.4, -0.2) is 52.0 Å². The van der Waals surface area contributed by atoms with Crippen molar-refractivity contribution in [3.05, 3.63) is 66.0 Å². The highest BCUT2D eigenvalue weighted by Gasteiger charge is 2.33. The Hall–Kier alpha value is -2.70. The second-order valence-electron chi connectivity index (χ2n) is 7.78. The van der Waals surface area contributed by atoms with Crippen LogP contribution in [0.5, 0.6) is 0 Å². The number of hydrogen-bond donors (Lipinski definition) is 1. The van der Waals surface area contributed by atoms with Gasteiger partial charge < -0.3 is 10.1 Å². The highest BCUT2D eigenvalue weighted by molar-refractivity contribution is 5.56. The summed E-state index contributed by atoms with van der Waals surface area (Å²) in [7, 11) is 0. The van der Waals surface area contributed by atoms with E-state index in [1.165, 1.54) is 24.1 Å². The van der Waals surface area contributed by atoms with Crippen LogP contribution in [-0.2, 0) is 4.74 Å². The molecule has 0 spiro atoms. The van der Waals surface area contributed by atoms with Crippen LogP contribution >= 0.6 is 0 Å². The topological polar surface area (TPSA) is 55.2 Å². The summed E-state index contributed by atoms with van der Waals surface area (Å²) in [6.45, 7) is 6.22. The van der Waals surface area contributed by atoms with E-state index < -0.39 is 0 Å². The van der Waals surface area contributed by atoms with Crippen molar-refractivity contribution in [3.8, 4) is 5.69 Å². The molecular formula is C22H27N5O. The van der Waals surface area contributed by atoms with Crippen LogP contribution in [0.25, 0.3) is 5.69 Å². The molecule has 146 valence electrons. The molecule has 28 heavy (non-hydrogen) atoms. The molecule has 1 N–H and O–H groups in total. The van der Waals surface area contributed by atoms with Gasteiger partial charge in [-0.1, -0.05) is 24.3 Å². The van der Waals surface area contributed by atoms with Gasteiger partial charge in [0.05, 0.1) is 24.9 Å². The molecule has 2 aliphatic rings. The minimum Gasteiger partial charge on any atom is -0.378 e. The Bertz CT molecular complexity index is 957. The molecular weight excluding hydrogens is 350 g/mol. The zero-order valence-corrected chi connectivity index (χ0v) is 16.1. The van der Waals surface area contributed by atoms with Crippen molar-refractivity contribution in [1.29, 1.82) is 0 Å². The molecule has 0 aliphatic carbocycles. The van der Waals surface area contributed by atoms with Gasteiger partial charge >= 0.3 is 0 Å². The molecule has 2 aliphatic heterocycles. The van der Waals surface area contributed by atoms with Gasteiger partial charge in [0.1, 0.15) is 6.33 Å². The second-order valence-corrected chi connectivity index (χ2v) is 7.78. The van der Waals surface area contributed by atoms with Crippen LogP contribution in [0.4, 0.5) is 11.6 Å². The molecule has 2 saturated heterocycles. The van der Waals surface area contributed by atoms with E-state index in [2.05, 4.69) is 45.4 Å². The number of hydrogen-bond acceptors (Lipinski definition) is 5. The van der Waals surface area contributed by atoms with Crippen molar-refractivity contribution in [2.75, 3.05) is 31.6 Å². The molecule has 0 bridgehead atoms. The lowest BCUT2D eigenvalue weighted by Crippen LogP contribution is -2.47. The fourth-order valence-electron chi connectivity index (χ4n) is 4.10. The third-order valence-electron chi connectivity index (χ3n) is 5.70. The molecule has 2 fully saturated rings. The van der Waals surface area contributed by atoms with Gasteiger partial charge in [-0.2, -0.15) is 4.98 Å². The van der Waals surface area contributed by atoms with E-state index in [1.807, 2.05) is 30.3 Å². The van der Waals surface area contributed by atoms with Gasteiger partial charge in [-0.05, 0) is 61.2 Å². The summed E-state index contributed by atoms with van der Waals surface area (Å²) in [5.41, 5.74) is 4.70. The Morgan fingerprint density at radius 1 is 1.14 bits per heavy atom. The lowest BCUT2D eigenvalue weighted by Gasteiger charge is -2.34.